The Morgan fingerprint density at radius 3 is 2.50 bits per heavy atom. The molecule has 0 amide bonds. The molecule has 3 nitrogen and oxygen atoms in total. The first kappa shape index (κ1) is 12.4. The van der Waals surface area contributed by atoms with Crippen LogP contribution < -0.4 is 0 Å². The van der Waals surface area contributed by atoms with Gasteiger partial charge < -0.3 is 14.9 Å². The molecule has 84 valence electrons. The molecule has 0 aromatic rings. The van der Waals surface area contributed by atoms with E-state index in [0.29, 0.717) is 0 Å². The fourth-order valence-electron chi connectivity index (χ4n) is 1.51. The van der Waals surface area contributed by atoms with E-state index in [1.165, 1.54) is 0 Å². The van der Waals surface area contributed by atoms with Crippen LogP contribution in [0.25, 0.3) is 0 Å². The smallest absolute Gasteiger partial charge is 0.110 e. The van der Waals surface area contributed by atoms with Gasteiger partial charge in [-0.2, -0.15) is 0 Å². The molecular formula is C10H19BrO3. The molecule has 0 aromatic heterocycles. The topological polar surface area (TPSA) is 53.0 Å². The third-order valence-corrected chi connectivity index (χ3v) is 4.44. The second-order valence-electron chi connectivity index (χ2n) is 4.76. The average Bonchev–Trinajstić information content (AvgIpc) is 2.72. The van der Waals surface area contributed by atoms with Crippen LogP contribution in [0, 0.1) is 0 Å². The number of alkyl halides is 1. The molecular weight excluding hydrogens is 248 g/mol. The van der Waals surface area contributed by atoms with Crippen molar-refractivity contribution in [1.82, 2.24) is 0 Å². The van der Waals surface area contributed by atoms with E-state index in [9.17, 15) is 5.11 Å². The minimum absolute atomic E-state index is 0.0102. The molecule has 0 saturated carbocycles. The van der Waals surface area contributed by atoms with Gasteiger partial charge in [-0.3, -0.25) is 0 Å². The Hall–Kier alpha value is 0.360. The third kappa shape index (κ3) is 2.92. The van der Waals surface area contributed by atoms with Gasteiger partial charge in [-0.25, -0.2) is 0 Å². The number of ether oxygens (including phenoxy) is 1. The monoisotopic (exact) mass is 266 g/mol. The Kier molecular flexibility index (Phi) is 3.62. The zero-order valence-electron chi connectivity index (χ0n) is 8.96. The molecule has 0 spiro atoms. The minimum atomic E-state index is -0.708. The number of halogens is 1. The first-order valence-corrected chi connectivity index (χ1v) is 5.86. The molecule has 1 heterocycles. The normalized spacial score (nSPS) is 34.3. The van der Waals surface area contributed by atoms with Crippen LogP contribution in [0.1, 0.15) is 33.6 Å². The van der Waals surface area contributed by atoms with Gasteiger partial charge in [-0.15, -0.1) is 0 Å². The number of aliphatic hydroxyl groups is 2. The fourth-order valence-corrected chi connectivity index (χ4v) is 1.74. The maximum Gasteiger partial charge on any atom is 0.110 e. The quantitative estimate of drug-likeness (QED) is 0.585. The summed E-state index contributed by atoms with van der Waals surface area (Å²) in [4.78, 5) is 0.0652. The predicted octanol–water partition coefficient (Wildman–Crippen LogP) is 1.45. The van der Waals surface area contributed by atoms with E-state index in [2.05, 4.69) is 15.9 Å². The van der Waals surface area contributed by atoms with Crippen molar-refractivity contribution < 1.29 is 14.9 Å². The van der Waals surface area contributed by atoms with E-state index in [0.717, 1.165) is 12.8 Å². The molecule has 3 atom stereocenters. The fraction of sp³-hybridized carbons (Fsp3) is 1.00. The van der Waals surface area contributed by atoms with E-state index in [1.54, 1.807) is 13.8 Å². The lowest BCUT2D eigenvalue weighted by Gasteiger charge is -2.24. The second kappa shape index (κ2) is 4.08. The van der Waals surface area contributed by atoms with Crippen LogP contribution in [-0.4, -0.2) is 39.0 Å². The van der Waals surface area contributed by atoms with Crippen molar-refractivity contribution >= 4 is 15.9 Å². The predicted molar refractivity (Wildman–Crippen MR) is 58.6 cm³/mol. The van der Waals surface area contributed by atoms with Crippen LogP contribution >= 0.6 is 15.9 Å². The first-order chi connectivity index (χ1) is 6.29. The van der Waals surface area contributed by atoms with Gasteiger partial charge in [0.1, 0.15) is 6.10 Å². The summed E-state index contributed by atoms with van der Waals surface area (Å²) in [6.07, 6.45) is 1.69. The molecule has 2 N–H and O–H groups in total. The molecule has 0 aromatic carbocycles. The third-order valence-electron chi connectivity index (χ3n) is 2.86. The molecule has 0 radical (unpaired) electrons. The van der Waals surface area contributed by atoms with E-state index >= 15 is 0 Å². The highest BCUT2D eigenvalue weighted by atomic mass is 79.9. The second-order valence-corrected chi connectivity index (χ2v) is 5.87. The zero-order chi connectivity index (χ0) is 11.0. The van der Waals surface area contributed by atoms with E-state index in [1.807, 2.05) is 6.92 Å². The highest BCUT2D eigenvalue weighted by Crippen LogP contribution is 2.41. The summed E-state index contributed by atoms with van der Waals surface area (Å²) in [5, 5.41) is 18.6. The largest absolute Gasteiger partial charge is 0.394 e. The standard InChI is InChI=1S/C10H19BrO3/c1-9(2,13)7(11)4-5-10(3)8(6-12)14-10/h7-8,12-13H,4-6H2,1-3H3/t7?,8-,10-/m1/s1. The number of aliphatic hydroxyl groups excluding tert-OH is 1. The van der Waals surface area contributed by atoms with Crippen molar-refractivity contribution in [2.45, 2.75) is 55.7 Å². The highest BCUT2D eigenvalue weighted by Gasteiger charge is 2.51. The van der Waals surface area contributed by atoms with Crippen LogP contribution in [-0.2, 0) is 4.74 Å². The van der Waals surface area contributed by atoms with Gasteiger partial charge in [0.05, 0.1) is 17.8 Å². The van der Waals surface area contributed by atoms with E-state index in [-0.39, 0.29) is 23.1 Å². The van der Waals surface area contributed by atoms with Crippen molar-refractivity contribution in [3.63, 3.8) is 0 Å². The molecule has 1 rings (SSSR count). The Morgan fingerprint density at radius 2 is 2.14 bits per heavy atom. The summed E-state index contributed by atoms with van der Waals surface area (Å²) >= 11 is 3.45. The Morgan fingerprint density at radius 1 is 1.57 bits per heavy atom. The van der Waals surface area contributed by atoms with Crippen LogP contribution in [0.3, 0.4) is 0 Å². The summed E-state index contributed by atoms with van der Waals surface area (Å²) < 4.78 is 5.36. The molecule has 14 heavy (non-hydrogen) atoms. The van der Waals surface area contributed by atoms with Crippen molar-refractivity contribution in [1.29, 1.82) is 0 Å². The Balaban J connectivity index is 2.28. The summed E-state index contributed by atoms with van der Waals surface area (Å²) in [6, 6.07) is 0. The maximum atomic E-state index is 9.69. The molecule has 1 aliphatic heterocycles. The molecule has 1 saturated heterocycles. The lowest BCUT2D eigenvalue weighted by atomic mass is 9.95. The SMILES string of the molecule is CC(C)(O)C(Br)CC[C@@]1(C)O[C@@H]1CO. The Labute approximate surface area is 93.6 Å². The highest BCUT2D eigenvalue weighted by molar-refractivity contribution is 9.09. The van der Waals surface area contributed by atoms with Crippen LogP contribution in [0.15, 0.2) is 0 Å². The van der Waals surface area contributed by atoms with Crippen molar-refractivity contribution in [2.24, 2.45) is 0 Å². The summed E-state index contributed by atoms with van der Waals surface area (Å²) in [5.74, 6) is 0. The molecule has 1 fully saturated rings. The molecule has 0 aliphatic carbocycles. The molecule has 1 aliphatic rings. The number of rotatable bonds is 5. The van der Waals surface area contributed by atoms with Gasteiger partial charge >= 0.3 is 0 Å². The van der Waals surface area contributed by atoms with Crippen molar-refractivity contribution in [3.8, 4) is 0 Å². The zero-order valence-corrected chi connectivity index (χ0v) is 10.5. The summed E-state index contributed by atoms with van der Waals surface area (Å²) in [6.45, 7) is 5.65. The van der Waals surface area contributed by atoms with Gasteiger partial charge in [-0.1, -0.05) is 15.9 Å². The summed E-state index contributed by atoms with van der Waals surface area (Å²) in [5.41, 5.74) is -0.883. The Bertz CT molecular complexity index is 202. The van der Waals surface area contributed by atoms with E-state index < -0.39 is 5.60 Å². The van der Waals surface area contributed by atoms with Crippen LogP contribution in [0.5, 0.6) is 0 Å². The molecule has 4 heteroatoms. The van der Waals surface area contributed by atoms with E-state index in [4.69, 9.17) is 9.84 Å². The first-order valence-electron chi connectivity index (χ1n) is 4.95. The number of hydrogen-bond acceptors (Lipinski definition) is 3. The van der Waals surface area contributed by atoms with Crippen LogP contribution in [0.2, 0.25) is 0 Å². The van der Waals surface area contributed by atoms with Crippen LogP contribution in [0.4, 0.5) is 0 Å². The minimum Gasteiger partial charge on any atom is -0.394 e. The van der Waals surface area contributed by atoms with Crippen molar-refractivity contribution in [2.75, 3.05) is 6.61 Å². The van der Waals surface area contributed by atoms with Gasteiger partial charge in [0.15, 0.2) is 0 Å². The van der Waals surface area contributed by atoms with Gasteiger partial charge in [0.25, 0.3) is 0 Å². The van der Waals surface area contributed by atoms with Crippen molar-refractivity contribution in [3.05, 3.63) is 0 Å². The molecule has 1 unspecified atom stereocenters. The maximum absolute atomic E-state index is 9.69. The van der Waals surface area contributed by atoms with Gasteiger partial charge in [-0.05, 0) is 33.6 Å². The number of hydrogen-bond donors (Lipinski definition) is 2. The van der Waals surface area contributed by atoms with Gasteiger partial charge in [0, 0.05) is 4.83 Å². The van der Waals surface area contributed by atoms with Gasteiger partial charge in [0.2, 0.25) is 0 Å². The average molecular weight is 267 g/mol. The molecule has 0 bridgehead atoms. The number of epoxide rings is 1. The lowest BCUT2D eigenvalue weighted by molar-refractivity contribution is 0.0749. The lowest BCUT2D eigenvalue weighted by Crippen LogP contribution is -2.32. The summed E-state index contributed by atoms with van der Waals surface area (Å²) in [7, 11) is 0.